The van der Waals surface area contributed by atoms with Crippen LogP contribution in [0.4, 0.5) is 16.2 Å². The van der Waals surface area contributed by atoms with Crippen molar-refractivity contribution in [2.24, 2.45) is 0 Å². The zero-order chi connectivity index (χ0) is 26.6. The molecular formula is C30H33N3O4. The van der Waals surface area contributed by atoms with Gasteiger partial charge in [-0.3, -0.25) is 14.5 Å². The molecule has 1 aliphatic rings. The predicted octanol–water partition coefficient (Wildman–Crippen LogP) is 5.40. The van der Waals surface area contributed by atoms with E-state index in [1.807, 2.05) is 79.7 Å². The molecule has 2 atom stereocenters. The molecule has 0 fully saturated rings. The topological polar surface area (TPSA) is 87.7 Å². The lowest BCUT2D eigenvalue weighted by atomic mass is 9.86. The van der Waals surface area contributed by atoms with Crippen LogP contribution < -0.4 is 15.5 Å². The summed E-state index contributed by atoms with van der Waals surface area (Å²) in [5, 5.41) is 5.69. The Labute approximate surface area is 217 Å². The maximum Gasteiger partial charge on any atom is 0.326 e. The summed E-state index contributed by atoms with van der Waals surface area (Å²) in [5.41, 5.74) is 3.51. The normalized spacial score (nSPS) is 17.4. The van der Waals surface area contributed by atoms with E-state index in [1.54, 1.807) is 26.8 Å². The van der Waals surface area contributed by atoms with Crippen molar-refractivity contribution in [3.63, 3.8) is 0 Å². The molecule has 4 rings (SSSR count). The second kappa shape index (κ2) is 10.9. The Kier molecular flexibility index (Phi) is 7.62. The molecule has 1 heterocycles. The summed E-state index contributed by atoms with van der Waals surface area (Å²) in [7, 11) is 0. The van der Waals surface area contributed by atoms with Gasteiger partial charge in [0, 0.05) is 17.3 Å². The van der Waals surface area contributed by atoms with Crippen LogP contribution in [0.3, 0.4) is 0 Å². The number of rotatable bonds is 5. The number of carbonyl (C=O) groups is 3. The largest absolute Gasteiger partial charge is 0.459 e. The smallest absolute Gasteiger partial charge is 0.326 e. The molecule has 0 saturated carbocycles. The van der Waals surface area contributed by atoms with Gasteiger partial charge >= 0.3 is 12.0 Å². The first-order valence-electron chi connectivity index (χ1n) is 12.4. The van der Waals surface area contributed by atoms with E-state index in [1.165, 1.54) is 4.90 Å². The van der Waals surface area contributed by atoms with Crippen molar-refractivity contribution in [2.75, 3.05) is 16.8 Å². The molecule has 7 nitrogen and oxygen atoms in total. The minimum Gasteiger partial charge on any atom is -0.459 e. The average Bonchev–Trinajstić information content (AvgIpc) is 2.94. The number of anilines is 2. The first-order valence-corrected chi connectivity index (χ1v) is 12.4. The Bertz CT molecular complexity index is 1280. The van der Waals surface area contributed by atoms with Gasteiger partial charge in [0.25, 0.3) is 0 Å². The molecule has 3 aromatic carbocycles. The highest BCUT2D eigenvalue weighted by atomic mass is 16.6. The fraction of sp³-hybridized carbons (Fsp3) is 0.300. The lowest BCUT2D eigenvalue weighted by Gasteiger charge is -2.27. The number of ether oxygens (including phenoxy) is 1. The Hall–Kier alpha value is -4.13. The third kappa shape index (κ3) is 6.55. The van der Waals surface area contributed by atoms with Crippen molar-refractivity contribution in [3.05, 3.63) is 95.6 Å². The number of amides is 3. The van der Waals surface area contributed by atoms with Crippen molar-refractivity contribution in [1.82, 2.24) is 5.32 Å². The number of carbonyl (C=O) groups excluding carboxylic acids is 3. The highest BCUT2D eigenvalue weighted by molar-refractivity contribution is 6.04. The molecule has 3 amide bonds. The minimum atomic E-state index is -0.871. The van der Waals surface area contributed by atoms with Crippen LogP contribution in [0, 0.1) is 6.92 Å². The third-order valence-electron chi connectivity index (χ3n) is 6.13. The number of aryl methyl sites for hydroxylation is 1. The maximum atomic E-state index is 13.9. The monoisotopic (exact) mass is 499 g/mol. The molecule has 3 aromatic rings. The number of para-hydroxylation sites is 1. The molecule has 0 radical (unpaired) electrons. The van der Waals surface area contributed by atoms with Crippen LogP contribution in [0.1, 0.15) is 49.8 Å². The Morgan fingerprint density at radius 3 is 2.38 bits per heavy atom. The molecule has 2 N–H and O–H groups in total. The van der Waals surface area contributed by atoms with Gasteiger partial charge in [-0.05, 0) is 69.0 Å². The van der Waals surface area contributed by atoms with Crippen LogP contribution in [0.5, 0.6) is 0 Å². The molecule has 192 valence electrons. The highest BCUT2D eigenvalue weighted by Gasteiger charge is 2.38. The summed E-state index contributed by atoms with van der Waals surface area (Å²) < 4.78 is 5.53. The van der Waals surface area contributed by atoms with E-state index >= 15 is 0 Å². The van der Waals surface area contributed by atoms with Gasteiger partial charge in [-0.2, -0.15) is 0 Å². The Balaban J connectivity index is 1.69. The van der Waals surface area contributed by atoms with E-state index < -0.39 is 23.6 Å². The average molecular weight is 500 g/mol. The quantitative estimate of drug-likeness (QED) is 0.461. The second-order valence-electron chi connectivity index (χ2n) is 10.3. The summed E-state index contributed by atoms with van der Waals surface area (Å²) in [6, 6.07) is 23.5. The first-order chi connectivity index (χ1) is 17.6. The predicted molar refractivity (Wildman–Crippen MR) is 145 cm³/mol. The zero-order valence-electron chi connectivity index (χ0n) is 21.7. The number of esters is 1. The van der Waals surface area contributed by atoms with E-state index in [-0.39, 0.29) is 18.4 Å². The molecule has 0 saturated heterocycles. The highest BCUT2D eigenvalue weighted by Crippen LogP contribution is 2.39. The van der Waals surface area contributed by atoms with Crippen LogP contribution in [0.2, 0.25) is 0 Å². The zero-order valence-corrected chi connectivity index (χ0v) is 21.7. The van der Waals surface area contributed by atoms with Crippen molar-refractivity contribution in [1.29, 1.82) is 0 Å². The number of nitrogens with one attached hydrogen (secondary N) is 2. The van der Waals surface area contributed by atoms with E-state index in [4.69, 9.17) is 4.74 Å². The van der Waals surface area contributed by atoms with E-state index in [0.29, 0.717) is 17.8 Å². The summed E-state index contributed by atoms with van der Waals surface area (Å²) in [5.74, 6) is -1.05. The minimum absolute atomic E-state index is 0.172. The lowest BCUT2D eigenvalue weighted by Crippen LogP contribution is -2.51. The molecule has 0 aliphatic carbocycles. The Morgan fingerprint density at radius 2 is 1.68 bits per heavy atom. The van der Waals surface area contributed by atoms with Gasteiger partial charge in [-0.15, -0.1) is 0 Å². The van der Waals surface area contributed by atoms with Crippen molar-refractivity contribution >= 4 is 29.3 Å². The molecule has 0 bridgehead atoms. The fourth-order valence-electron chi connectivity index (χ4n) is 4.63. The van der Waals surface area contributed by atoms with Crippen molar-refractivity contribution in [3.8, 4) is 0 Å². The SMILES string of the molecule is Cc1cccc(NC(=O)NC2CC(c3ccccc3)c3ccccc3N(CC(=O)OC(C)(C)C)C2=O)c1. The van der Waals surface area contributed by atoms with Gasteiger partial charge in [0.05, 0.1) is 0 Å². The summed E-state index contributed by atoms with van der Waals surface area (Å²) in [6.07, 6.45) is 0.339. The van der Waals surface area contributed by atoms with Gasteiger partial charge in [0.2, 0.25) is 5.91 Å². The molecule has 37 heavy (non-hydrogen) atoms. The summed E-state index contributed by atoms with van der Waals surface area (Å²) in [6.45, 7) is 7.04. The van der Waals surface area contributed by atoms with E-state index in [0.717, 1.165) is 16.7 Å². The molecule has 2 unspecified atom stereocenters. The number of benzene rings is 3. The molecule has 1 aliphatic heterocycles. The van der Waals surface area contributed by atoms with Gasteiger partial charge in [-0.25, -0.2) is 4.79 Å². The summed E-state index contributed by atoms with van der Waals surface area (Å²) in [4.78, 5) is 41.2. The number of hydrogen-bond donors (Lipinski definition) is 2. The van der Waals surface area contributed by atoms with Gasteiger partial charge < -0.3 is 15.4 Å². The van der Waals surface area contributed by atoms with Gasteiger partial charge in [-0.1, -0.05) is 60.7 Å². The molecule has 0 aromatic heterocycles. The van der Waals surface area contributed by atoms with Crippen LogP contribution in [0.15, 0.2) is 78.9 Å². The fourth-order valence-corrected chi connectivity index (χ4v) is 4.63. The van der Waals surface area contributed by atoms with Gasteiger partial charge in [0.15, 0.2) is 0 Å². The second-order valence-corrected chi connectivity index (χ2v) is 10.3. The van der Waals surface area contributed by atoms with E-state index in [9.17, 15) is 14.4 Å². The molecule has 0 spiro atoms. The number of hydrogen-bond acceptors (Lipinski definition) is 4. The first kappa shape index (κ1) is 25.9. The molecular weight excluding hydrogens is 466 g/mol. The van der Waals surface area contributed by atoms with Gasteiger partial charge in [0.1, 0.15) is 18.2 Å². The Morgan fingerprint density at radius 1 is 0.973 bits per heavy atom. The summed E-state index contributed by atoms with van der Waals surface area (Å²) >= 11 is 0. The van der Waals surface area contributed by atoms with Crippen LogP contribution >= 0.6 is 0 Å². The van der Waals surface area contributed by atoms with Crippen LogP contribution in [0.25, 0.3) is 0 Å². The third-order valence-corrected chi connectivity index (χ3v) is 6.13. The van der Waals surface area contributed by atoms with Crippen molar-refractivity contribution < 1.29 is 19.1 Å². The standard InChI is InChI=1S/C30H33N3O4/c1-20-11-10-14-22(17-20)31-29(36)32-25-18-24(21-12-6-5-7-13-21)23-15-8-9-16-26(23)33(28(25)35)19-27(34)37-30(2,3)4/h5-17,24-25H,18-19H2,1-4H3,(H2,31,32,36). The number of fused-ring (bicyclic) bond motifs is 1. The maximum absolute atomic E-state index is 13.9. The number of nitrogens with zero attached hydrogens (tertiary/aromatic N) is 1. The number of urea groups is 1. The lowest BCUT2D eigenvalue weighted by molar-refractivity contribution is -0.153. The van der Waals surface area contributed by atoms with Crippen LogP contribution in [-0.2, 0) is 14.3 Å². The van der Waals surface area contributed by atoms with E-state index in [2.05, 4.69) is 10.6 Å². The van der Waals surface area contributed by atoms with Crippen molar-refractivity contribution in [2.45, 2.75) is 51.7 Å². The molecule has 7 heteroatoms. The van der Waals surface area contributed by atoms with Crippen LogP contribution in [-0.4, -0.2) is 36.1 Å².